The average molecular weight is 527 g/mol. The fourth-order valence-electron chi connectivity index (χ4n) is 4.49. The molecule has 0 bridgehead atoms. The van der Waals surface area contributed by atoms with Crippen LogP contribution in [-0.2, 0) is 6.42 Å². The van der Waals surface area contributed by atoms with Crippen molar-refractivity contribution in [1.82, 2.24) is 4.98 Å². The van der Waals surface area contributed by atoms with Gasteiger partial charge in [0.15, 0.2) is 11.6 Å². The SMILES string of the molecule is C=C(C)/C=C(/C)N=C(C)CCC.CCCCc1c(C(C)c2ccc(C)c(F)c2F)[nH]c2ccc(Cl)cc12. The molecule has 5 heteroatoms. The Morgan fingerprint density at radius 3 is 2.41 bits per heavy atom. The fourth-order valence-corrected chi connectivity index (χ4v) is 4.66. The van der Waals surface area contributed by atoms with E-state index in [-0.39, 0.29) is 5.92 Å². The minimum absolute atomic E-state index is 0.270. The van der Waals surface area contributed by atoms with Crippen molar-refractivity contribution in [3.8, 4) is 0 Å². The standard InChI is InChI=1S/C21H22ClF2N.C11H19N/c1-4-5-6-16-17-11-14(22)8-10-18(17)25-21(16)13(3)15-9-7-12(2)19(23)20(15)24;1-6-7-10(4)12-11(5)8-9(2)3/h7-11,13,25H,4-6H2,1-3H3;8H,2,6-7H2,1,3-5H3/b;11-8-,12-10?. The van der Waals surface area contributed by atoms with Crippen LogP contribution in [0.2, 0.25) is 5.02 Å². The second kappa shape index (κ2) is 14.3. The number of hydrogen-bond donors (Lipinski definition) is 1. The van der Waals surface area contributed by atoms with E-state index in [0.29, 0.717) is 16.1 Å². The largest absolute Gasteiger partial charge is 0.358 e. The predicted molar refractivity (Wildman–Crippen MR) is 157 cm³/mol. The third-order valence-electron chi connectivity index (χ3n) is 6.32. The molecule has 0 aliphatic rings. The summed E-state index contributed by atoms with van der Waals surface area (Å²) in [6.45, 7) is 17.6. The van der Waals surface area contributed by atoms with Gasteiger partial charge in [0.1, 0.15) is 0 Å². The van der Waals surface area contributed by atoms with Crippen LogP contribution in [-0.4, -0.2) is 10.7 Å². The Balaban J connectivity index is 0.000000341. The lowest BCUT2D eigenvalue weighted by Gasteiger charge is -2.15. The molecular formula is C32H41ClF2N2. The van der Waals surface area contributed by atoms with Gasteiger partial charge in [-0.15, -0.1) is 0 Å². The Morgan fingerprint density at radius 2 is 1.78 bits per heavy atom. The van der Waals surface area contributed by atoms with Crippen LogP contribution in [0.15, 0.2) is 59.2 Å². The molecule has 1 N–H and O–H groups in total. The number of aliphatic imine (C=N–C) groups is 1. The summed E-state index contributed by atoms with van der Waals surface area (Å²) >= 11 is 6.17. The summed E-state index contributed by atoms with van der Waals surface area (Å²) in [6.07, 6.45) is 7.22. The van der Waals surface area contributed by atoms with E-state index in [9.17, 15) is 8.78 Å². The number of H-pyrrole nitrogens is 1. The Kier molecular flexibility index (Phi) is 11.8. The summed E-state index contributed by atoms with van der Waals surface area (Å²) < 4.78 is 28.5. The number of hydrogen-bond acceptors (Lipinski definition) is 1. The Morgan fingerprint density at radius 1 is 1.08 bits per heavy atom. The highest BCUT2D eigenvalue weighted by molar-refractivity contribution is 6.31. The lowest BCUT2D eigenvalue weighted by atomic mass is 9.91. The fraction of sp³-hybridized carbons (Fsp3) is 0.406. The van der Waals surface area contributed by atoms with Gasteiger partial charge in [0, 0.05) is 38.9 Å². The molecule has 0 saturated heterocycles. The van der Waals surface area contributed by atoms with Gasteiger partial charge in [0.2, 0.25) is 0 Å². The van der Waals surface area contributed by atoms with Crippen molar-refractivity contribution in [3.05, 3.63) is 93.3 Å². The maximum atomic E-state index is 14.5. The lowest BCUT2D eigenvalue weighted by Crippen LogP contribution is -2.05. The van der Waals surface area contributed by atoms with Crippen molar-refractivity contribution in [2.24, 2.45) is 4.99 Å². The van der Waals surface area contributed by atoms with Crippen LogP contribution in [0.25, 0.3) is 10.9 Å². The quantitative estimate of drug-likeness (QED) is 0.212. The number of aryl methyl sites for hydroxylation is 2. The van der Waals surface area contributed by atoms with Crippen LogP contribution >= 0.6 is 11.6 Å². The first-order valence-corrected chi connectivity index (χ1v) is 13.5. The Labute approximate surface area is 226 Å². The van der Waals surface area contributed by atoms with E-state index >= 15 is 0 Å². The smallest absolute Gasteiger partial charge is 0.162 e. The molecule has 2 nitrogen and oxygen atoms in total. The number of benzene rings is 2. The minimum Gasteiger partial charge on any atom is -0.358 e. The first-order chi connectivity index (χ1) is 17.5. The van der Waals surface area contributed by atoms with Crippen LogP contribution in [0.4, 0.5) is 8.78 Å². The Bertz CT molecular complexity index is 1280. The summed E-state index contributed by atoms with van der Waals surface area (Å²) in [5.41, 5.74) is 7.06. The maximum Gasteiger partial charge on any atom is 0.162 e. The minimum atomic E-state index is -0.765. The number of aromatic nitrogens is 1. The molecular weight excluding hydrogens is 486 g/mol. The molecule has 1 heterocycles. The highest BCUT2D eigenvalue weighted by Gasteiger charge is 2.22. The van der Waals surface area contributed by atoms with E-state index in [1.807, 2.05) is 45.0 Å². The number of allylic oxidation sites excluding steroid dienone is 3. The lowest BCUT2D eigenvalue weighted by molar-refractivity contribution is 0.490. The first kappa shape index (κ1) is 30.5. The molecule has 1 atom stereocenters. The number of nitrogens with zero attached hydrogens (tertiary/aromatic N) is 1. The highest BCUT2D eigenvalue weighted by Crippen LogP contribution is 2.35. The average Bonchev–Trinajstić information content (AvgIpc) is 3.18. The van der Waals surface area contributed by atoms with Crippen LogP contribution < -0.4 is 0 Å². The van der Waals surface area contributed by atoms with Crippen molar-refractivity contribution in [3.63, 3.8) is 0 Å². The van der Waals surface area contributed by atoms with Crippen LogP contribution in [0.3, 0.4) is 0 Å². The molecule has 0 spiro atoms. The van der Waals surface area contributed by atoms with Crippen LogP contribution in [0, 0.1) is 18.6 Å². The maximum absolute atomic E-state index is 14.5. The first-order valence-electron chi connectivity index (χ1n) is 13.1. The van der Waals surface area contributed by atoms with Gasteiger partial charge in [0.05, 0.1) is 0 Å². The second-order valence-electron chi connectivity index (χ2n) is 9.86. The second-order valence-corrected chi connectivity index (χ2v) is 10.3. The normalized spacial score (nSPS) is 12.9. The van der Waals surface area contributed by atoms with Crippen LogP contribution in [0.5, 0.6) is 0 Å². The monoisotopic (exact) mass is 526 g/mol. The van der Waals surface area contributed by atoms with Gasteiger partial charge in [-0.1, -0.05) is 69.5 Å². The van der Waals surface area contributed by atoms with Crippen molar-refractivity contribution in [1.29, 1.82) is 0 Å². The van der Waals surface area contributed by atoms with Gasteiger partial charge >= 0.3 is 0 Å². The van der Waals surface area contributed by atoms with Crippen LogP contribution in [0.1, 0.15) is 95.5 Å². The molecule has 3 aromatic rings. The summed E-state index contributed by atoms with van der Waals surface area (Å²) in [6, 6.07) is 9.04. The zero-order chi connectivity index (χ0) is 27.7. The van der Waals surface area contributed by atoms with E-state index in [2.05, 4.69) is 37.3 Å². The van der Waals surface area contributed by atoms with E-state index in [1.165, 1.54) is 5.71 Å². The zero-order valence-electron chi connectivity index (χ0n) is 23.4. The molecule has 0 radical (unpaired) electrons. The van der Waals surface area contributed by atoms with Gasteiger partial charge in [-0.05, 0) is 87.9 Å². The molecule has 0 aliphatic carbocycles. The molecule has 0 amide bonds. The zero-order valence-corrected chi connectivity index (χ0v) is 24.1. The van der Waals surface area contributed by atoms with Crippen molar-refractivity contribution in [2.75, 3.05) is 0 Å². The molecule has 0 fully saturated rings. The molecule has 1 aromatic heterocycles. The molecule has 2 aromatic carbocycles. The highest BCUT2D eigenvalue weighted by atomic mass is 35.5. The van der Waals surface area contributed by atoms with Gasteiger partial charge in [0.25, 0.3) is 0 Å². The Hall–Kier alpha value is -2.72. The van der Waals surface area contributed by atoms with E-state index in [0.717, 1.165) is 65.5 Å². The van der Waals surface area contributed by atoms with Crippen molar-refractivity contribution >= 4 is 28.2 Å². The summed E-state index contributed by atoms with van der Waals surface area (Å²) in [7, 11) is 0. The molecule has 37 heavy (non-hydrogen) atoms. The number of nitrogens with one attached hydrogen (secondary N) is 1. The van der Waals surface area contributed by atoms with E-state index < -0.39 is 11.6 Å². The third-order valence-corrected chi connectivity index (χ3v) is 6.56. The van der Waals surface area contributed by atoms with E-state index in [1.54, 1.807) is 19.1 Å². The van der Waals surface area contributed by atoms with Crippen molar-refractivity contribution < 1.29 is 8.78 Å². The molecule has 3 rings (SSSR count). The molecule has 200 valence electrons. The number of fused-ring (bicyclic) bond motifs is 1. The topological polar surface area (TPSA) is 28.1 Å². The molecule has 0 saturated carbocycles. The van der Waals surface area contributed by atoms with Gasteiger partial charge in [-0.2, -0.15) is 0 Å². The number of rotatable bonds is 9. The molecule has 0 aliphatic heterocycles. The van der Waals surface area contributed by atoms with Gasteiger partial charge in [-0.25, -0.2) is 8.78 Å². The molecule has 1 unspecified atom stereocenters. The number of halogens is 3. The van der Waals surface area contributed by atoms with E-state index in [4.69, 9.17) is 11.6 Å². The summed E-state index contributed by atoms with van der Waals surface area (Å²) in [5.74, 6) is -1.79. The summed E-state index contributed by atoms with van der Waals surface area (Å²) in [4.78, 5) is 7.84. The number of unbranched alkanes of at least 4 members (excludes halogenated alkanes) is 1. The third kappa shape index (κ3) is 8.39. The summed E-state index contributed by atoms with van der Waals surface area (Å²) in [5, 5.41) is 1.74. The van der Waals surface area contributed by atoms with Gasteiger partial charge < -0.3 is 4.98 Å². The number of aromatic amines is 1. The predicted octanol–water partition coefficient (Wildman–Crippen LogP) is 10.6. The van der Waals surface area contributed by atoms with Gasteiger partial charge in [-0.3, -0.25) is 4.99 Å². The van der Waals surface area contributed by atoms with Crippen molar-refractivity contribution in [2.45, 2.75) is 86.5 Å².